The fraction of sp³-hybridized carbons (Fsp3) is 0.222. The molecule has 4 nitrogen and oxygen atoms in total. The van der Waals surface area contributed by atoms with Gasteiger partial charge in [-0.1, -0.05) is 42.5 Å². The number of halogens is 3. The van der Waals surface area contributed by atoms with Crippen LogP contribution in [0, 0.1) is 0 Å². The van der Waals surface area contributed by atoms with Gasteiger partial charge in [-0.2, -0.15) is 13.2 Å². The summed E-state index contributed by atoms with van der Waals surface area (Å²) in [4.78, 5) is 24.1. The number of hydrogen-bond acceptors (Lipinski definition) is 2. The molecule has 0 radical (unpaired) electrons. The first-order valence-electron chi connectivity index (χ1n) is 7.56. The van der Waals surface area contributed by atoms with Gasteiger partial charge in [-0.05, 0) is 24.1 Å². The Morgan fingerprint density at radius 3 is 2.24 bits per heavy atom. The van der Waals surface area contributed by atoms with E-state index in [0.717, 1.165) is 12.6 Å². The van der Waals surface area contributed by atoms with Crippen LogP contribution in [0.4, 0.5) is 18.9 Å². The summed E-state index contributed by atoms with van der Waals surface area (Å²) in [7, 11) is 0.992. The fourth-order valence-electron chi connectivity index (χ4n) is 2.32. The highest BCUT2D eigenvalue weighted by Crippen LogP contribution is 2.25. The monoisotopic (exact) mass is 350 g/mol. The van der Waals surface area contributed by atoms with E-state index in [9.17, 15) is 22.8 Å². The highest BCUT2D eigenvalue weighted by molar-refractivity contribution is 6.05. The number of para-hydroxylation sites is 1. The predicted octanol–water partition coefficient (Wildman–Crippen LogP) is 3.18. The SMILES string of the molecule is CN(C(=O)C(F)(F)F)c1ccccc1C(=O)NCCc1ccccc1. The lowest BCUT2D eigenvalue weighted by molar-refractivity contribution is -0.170. The van der Waals surface area contributed by atoms with Gasteiger partial charge in [0.05, 0.1) is 11.3 Å². The number of anilines is 1. The average Bonchev–Trinajstić information content (AvgIpc) is 2.60. The minimum absolute atomic E-state index is 0.00987. The van der Waals surface area contributed by atoms with Crippen LogP contribution in [0.15, 0.2) is 54.6 Å². The molecule has 2 aromatic carbocycles. The Hall–Kier alpha value is -2.83. The molecule has 0 bridgehead atoms. The van der Waals surface area contributed by atoms with Gasteiger partial charge in [0, 0.05) is 13.6 Å². The van der Waals surface area contributed by atoms with Crippen molar-refractivity contribution < 1.29 is 22.8 Å². The molecule has 2 amide bonds. The van der Waals surface area contributed by atoms with E-state index in [-0.39, 0.29) is 11.3 Å². The third kappa shape index (κ3) is 4.82. The Labute approximate surface area is 143 Å². The van der Waals surface area contributed by atoms with Crippen LogP contribution in [0.5, 0.6) is 0 Å². The second-order valence-corrected chi connectivity index (χ2v) is 5.37. The van der Waals surface area contributed by atoms with Crippen LogP contribution >= 0.6 is 0 Å². The van der Waals surface area contributed by atoms with E-state index in [0.29, 0.717) is 17.9 Å². The van der Waals surface area contributed by atoms with Crippen molar-refractivity contribution in [2.24, 2.45) is 0 Å². The van der Waals surface area contributed by atoms with E-state index >= 15 is 0 Å². The summed E-state index contributed by atoms with van der Waals surface area (Å²) in [5, 5.41) is 2.66. The topological polar surface area (TPSA) is 49.4 Å². The van der Waals surface area contributed by atoms with Crippen molar-refractivity contribution in [1.82, 2.24) is 5.32 Å². The molecule has 1 N–H and O–H groups in total. The van der Waals surface area contributed by atoms with Gasteiger partial charge < -0.3 is 10.2 Å². The van der Waals surface area contributed by atoms with Crippen molar-refractivity contribution in [2.75, 3.05) is 18.5 Å². The van der Waals surface area contributed by atoms with Crippen LogP contribution in [0.1, 0.15) is 15.9 Å². The summed E-state index contributed by atoms with van der Waals surface area (Å²) >= 11 is 0. The zero-order valence-corrected chi connectivity index (χ0v) is 13.5. The lowest BCUT2D eigenvalue weighted by Gasteiger charge is -2.21. The largest absolute Gasteiger partial charge is 0.471 e. The first-order chi connectivity index (χ1) is 11.8. The van der Waals surface area contributed by atoms with E-state index < -0.39 is 18.0 Å². The van der Waals surface area contributed by atoms with Crippen LogP contribution in [-0.2, 0) is 11.2 Å². The molecule has 7 heteroatoms. The number of rotatable bonds is 5. The number of benzene rings is 2. The van der Waals surface area contributed by atoms with Crippen LogP contribution < -0.4 is 10.2 Å². The molecule has 0 aliphatic carbocycles. The van der Waals surface area contributed by atoms with Crippen molar-refractivity contribution in [2.45, 2.75) is 12.6 Å². The molecule has 2 aromatic rings. The van der Waals surface area contributed by atoms with E-state index in [1.165, 1.54) is 24.3 Å². The molecule has 0 saturated heterocycles. The molecule has 0 unspecified atom stereocenters. The van der Waals surface area contributed by atoms with Crippen molar-refractivity contribution >= 4 is 17.5 Å². The number of carbonyl (C=O) groups excluding carboxylic acids is 2. The van der Waals surface area contributed by atoms with Gasteiger partial charge in [0.15, 0.2) is 0 Å². The normalized spacial score (nSPS) is 11.0. The highest BCUT2D eigenvalue weighted by Gasteiger charge is 2.42. The summed E-state index contributed by atoms with van der Waals surface area (Å²) in [5.74, 6) is -2.56. The second kappa shape index (κ2) is 7.83. The molecule has 0 saturated carbocycles. The quantitative estimate of drug-likeness (QED) is 0.900. The summed E-state index contributed by atoms with van der Waals surface area (Å²) < 4.78 is 37.8. The first-order valence-corrected chi connectivity index (χ1v) is 7.56. The summed E-state index contributed by atoms with van der Waals surface area (Å²) in [5.41, 5.74) is 0.943. The lowest BCUT2D eigenvalue weighted by atomic mass is 10.1. The highest BCUT2D eigenvalue weighted by atomic mass is 19.4. The Bertz CT molecular complexity index is 745. The van der Waals surface area contributed by atoms with Gasteiger partial charge in [-0.3, -0.25) is 9.59 Å². The molecule has 0 aliphatic rings. The summed E-state index contributed by atoms with van der Waals surface area (Å²) in [6.45, 7) is 0.327. The Balaban J connectivity index is 2.08. The van der Waals surface area contributed by atoms with Crippen molar-refractivity contribution in [3.8, 4) is 0 Å². The average molecular weight is 350 g/mol. The van der Waals surface area contributed by atoms with Gasteiger partial charge in [-0.25, -0.2) is 0 Å². The minimum Gasteiger partial charge on any atom is -0.352 e. The fourth-order valence-corrected chi connectivity index (χ4v) is 2.32. The maximum absolute atomic E-state index is 12.6. The zero-order chi connectivity index (χ0) is 18.4. The predicted molar refractivity (Wildman–Crippen MR) is 88.4 cm³/mol. The van der Waals surface area contributed by atoms with Gasteiger partial charge >= 0.3 is 12.1 Å². The molecule has 0 aliphatic heterocycles. The first kappa shape index (κ1) is 18.5. The number of amides is 2. The molecule has 0 fully saturated rings. The smallest absolute Gasteiger partial charge is 0.352 e. The van der Waals surface area contributed by atoms with Gasteiger partial charge in [0.2, 0.25) is 0 Å². The second-order valence-electron chi connectivity index (χ2n) is 5.37. The Morgan fingerprint density at radius 2 is 1.60 bits per heavy atom. The maximum atomic E-state index is 12.6. The number of nitrogens with zero attached hydrogens (tertiary/aromatic N) is 1. The van der Waals surface area contributed by atoms with E-state index in [1.54, 1.807) is 0 Å². The third-order valence-electron chi connectivity index (χ3n) is 3.60. The molecule has 132 valence electrons. The zero-order valence-electron chi connectivity index (χ0n) is 13.5. The van der Waals surface area contributed by atoms with E-state index in [4.69, 9.17) is 0 Å². The summed E-state index contributed by atoms with van der Waals surface area (Å²) in [6, 6.07) is 15.1. The van der Waals surface area contributed by atoms with Crippen LogP contribution in [0.3, 0.4) is 0 Å². The van der Waals surface area contributed by atoms with Gasteiger partial charge in [0.1, 0.15) is 0 Å². The van der Waals surface area contributed by atoms with Crippen LogP contribution in [0.25, 0.3) is 0 Å². The van der Waals surface area contributed by atoms with Gasteiger partial charge in [0.25, 0.3) is 5.91 Å². The van der Waals surface area contributed by atoms with Crippen LogP contribution in [-0.4, -0.2) is 31.6 Å². The maximum Gasteiger partial charge on any atom is 0.471 e. The summed E-state index contributed by atoms with van der Waals surface area (Å²) in [6.07, 6.45) is -4.42. The molecular formula is C18H17F3N2O2. The van der Waals surface area contributed by atoms with Crippen LogP contribution in [0.2, 0.25) is 0 Å². The Morgan fingerprint density at radius 1 is 1.00 bits per heavy atom. The van der Waals surface area contributed by atoms with E-state index in [2.05, 4.69) is 5.32 Å². The van der Waals surface area contributed by atoms with Crippen molar-refractivity contribution in [3.63, 3.8) is 0 Å². The molecule has 0 atom stereocenters. The standard InChI is InChI=1S/C18H17F3N2O2/c1-23(17(25)18(19,20)21)15-10-6-5-9-14(15)16(24)22-12-11-13-7-3-2-4-8-13/h2-10H,11-12H2,1H3,(H,22,24). The molecule has 25 heavy (non-hydrogen) atoms. The molecule has 0 heterocycles. The van der Waals surface area contributed by atoms with Crippen molar-refractivity contribution in [3.05, 3.63) is 65.7 Å². The lowest BCUT2D eigenvalue weighted by Crippen LogP contribution is -2.39. The van der Waals surface area contributed by atoms with E-state index in [1.807, 2.05) is 30.3 Å². The molecule has 2 rings (SSSR count). The van der Waals surface area contributed by atoms with Crippen molar-refractivity contribution in [1.29, 1.82) is 0 Å². The Kier molecular flexibility index (Phi) is 5.80. The molecular weight excluding hydrogens is 333 g/mol. The number of alkyl halides is 3. The number of carbonyl (C=O) groups is 2. The number of hydrogen-bond donors (Lipinski definition) is 1. The molecule has 0 spiro atoms. The third-order valence-corrected chi connectivity index (χ3v) is 3.60. The molecule has 0 aromatic heterocycles. The van der Waals surface area contributed by atoms with Gasteiger partial charge in [-0.15, -0.1) is 0 Å². The number of nitrogens with one attached hydrogen (secondary N) is 1. The minimum atomic E-state index is -5.01.